The van der Waals surface area contributed by atoms with Crippen LogP contribution in [0.2, 0.25) is 0 Å². The van der Waals surface area contributed by atoms with E-state index in [1.807, 2.05) is 42.5 Å². The fourth-order valence-electron chi connectivity index (χ4n) is 16.6. The van der Waals surface area contributed by atoms with Gasteiger partial charge in [0, 0.05) is 70.5 Å². The molecule has 0 saturated carbocycles. The van der Waals surface area contributed by atoms with Crippen LogP contribution in [0.5, 0.6) is 23.0 Å². The van der Waals surface area contributed by atoms with Gasteiger partial charge in [0.1, 0.15) is 36.4 Å². The van der Waals surface area contributed by atoms with E-state index in [0.717, 1.165) is 71.9 Å². The lowest BCUT2D eigenvalue weighted by Crippen LogP contribution is -2.57. The predicted molar refractivity (Wildman–Crippen MR) is 473 cm³/mol. The van der Waals surface area contributed by atoms with Crippen molar-refractivity contribution in [1.82, 2.24) is 38.9 Å². The van der Waals surface area contributed by atoms with Crippen molar-refractivity contribution in [3.05, 3.63) is 213 Å². The molecule has 4 unspecified atom stereocenters. The molecule has 16 rings (SSSR count). The topological polar surface area (TPSA) is 382 Å². The summed E-state index contributed by atoms with van der Waals surface area (Å²) in [5.74, 6) is -1.05. The summed E-state index contributed by atoms with van der Waals surface area (Å²) in [7, 11) is 6.30. The molecule has 4 aromatic heterocycles. The van der Waals surface area contributed by atoms with Crippen LogP contribution in [-0.4, -0.2) is 194 Å². The number of Topliss-reactive ketones (excluding diaryl/α,β-unsaturated/α-hetero) is 3. The first-order valence-electron chi connectivity index (χ1n) is 42.4. The number of thiazole rings is 2. The number of piperidine rings is 2. The molecule has 668 valence electrons. The number of carbonyl (C=O) groups is 10. The van der Waals surface area contributed by atoms with Gasteiger partial charge in [0.2, 0.25) is 23.4 Å². The lowest BCUT2D eigenvalue weighted by Gasteiger charge is -2.42. The molecule has 4 fully saturated rings. The molecule has 6 aliphatic heterocycles. The van der Waals surface area contributed by atoms with Gasteiger partial charge < -0.3 is 82.0 Å². The fraction of sp³-hybridized carbons (Fsp3) is 0.376. The van der Waals surface area contributed by atoms with E-state index >= 15 is 0 Å². The highest BCUT2D eigenvalue weighted by molar-refractivity contribution is 7.19. The number of fused-ring (bicyclic) bond motifs is 6. The first-order chi connectivity index (χ1) is 62.0. The quantitative estimate of drug-likeness (QED) is 0.0278. The predicted octanol–water partition coefficient (Wildman–Crippen LogP) is 14.4. The van der Waals surface area contributed by atoms with E-state index in [1.165, 1.54) is 82.5 Å². The summed E-state index contributed by atoms with van der Waals surface area (Å²) in [5.41, 5.74) is 5.68. The maximum atomic E-state index is 14.3. The zero-order valence-electron chi connectivity index (χ0n) is 71.5. The Balaban J connectivity index is 0.000000197. The van der Waals surface area contributed by atoms with E-state index in [1.54, 1.807) is 95.5 Å². The molecule has 0 aliphatic carbocycles. The van der Waals surface area contributed by atoms with Crippen molar-refractivity contribution in [3.63, 3.8) is 0 Å². The van der Waals surface area contributed by atoms with Crippen LogP contribution >= 0.6 is 22.7 Å². The van der Waals surface area contributed by atoms with Gasteiger partial charge in [0.05, 0.1) is 100 Å². The van der Waals surface area contributed by atoms with Crippen LogP contribution < -0.4 is 39.4 Å². The molecular weight excluding hydrogens is 1690 g/mol. The number of carboxylic acids is 1. The second-order valence-electron chi connectivity index (χ2n) is 31.7. The molecule has 0 bridgehead atoms. The standard InChI is InChI=1S/C47H50N6O10S.C46H48N6O11S/c1-5-18-61-47(58)53-35-24-38(37(59-4)23-32(35)45(57)52-17-8-6-13-34(52)46(53)63-43-14-7-9-19-60-43)62-27-30-12-10-11-29(20-30)21-41(56)49-40-26-51(3)44(50-40)36(55)25-42-48-33-22-31(28(2)54)15-16-39(33)64-42;1-4-17-61-46(58)52-33-23-36(35(59-3)22-30(33)43(55)51-16-7-5-12-32(51)44(52)63-41-13-6-8-18-60-41)62-26-28-11-9-10-27(19-28)20-39(54)48-38-25-50(2)42(49-38)34(53)24-40-47-31-21-29(45(56)57)14-15-37(31)64-40/h5,10-12,15-16,20,22-24,26,34,43,46H,1,6-9,13-14,17-19,21,25,27H2,2-4H3,(H,49,56);4,9-11,14-15,19,21-23,25,32,41,44H,1,5-8,12-13,16-18,20,24,26H2,2-3H3,(H,48,54)(H,56,57)/t34-,43?,46?;32-,41?,44?/m00/s1. The van der Waals surface area contributed by atoms with Gasteiger partial charge >= 0.3 is 18.2 Å². The minimum atomic E-state index is -1.06. The highest BCUT2D eigenvalue weighted by Crippen LogP contribution is 2.46. The van der Waals surface area contributed by atoms with E-state index in [4.69, 9.17) is 47.4 Å². The van der Waals surface area contributed by atoms with E-state index in [2.05, 4.69) is 43.7 Å². The Labute approximate surface area is 744 Å². The second-order valence-corrected chi connectivity index (χ2v) is 33.9. The van der Waals surface area contributed by atoms with Crippen molar-refractivity contribution >= 4 is 125 Å². The third kappa shape index (κ3) is 20.8. The molecule has 6 aliphatic rings. The Morgan fingerprint density at radius 2 is 0.945 bits per heavy atom. The van der Waals surface area contributed by atoms with Crippen molar-refractivity contribution in [2.75, 3.05) is 74.2 Å². The van der Waals surface area contributed by atoms with Gasteiger partial charge in [-0.3, -0.25) is 33.6 Å². The van der Waals surface area contributed by atoms with Crippen LogP contribution in [0.15, 0.2) is 147 Å². The SMILES string of the molecule is C=CCOC(=O)N1c2cc(OCc3cccc(CC(=O)Nc4cn(C)c(C(=O)Cc5nc6cc(C(=O)O)ccc6s5)n4)c3)c(OC)cc2C(=O)N2CCCC[C@H]2C1OC1CCCCO1.C=CCOC(=O)N1c2cc(OCc3cccc(CC(=O)Nc4cn(C)c(C(=O)Cc5nc6cc(C(C)=O)ccc6s5)n4)c3)c(OC)cc2C(=O)N2CCCC[C@H]2C1OC1CCCCO1. The van der Waals surface area contributed by atoms with Crippen molar-refractivity contribution in [2.45, 2.75) is 160 Å². The van der Waals surface area contributed by atoms with Gasteiger partial charge in [0.15, 0.2) is 77.1 Å². The zero-order valence-corrected chi connectivity index (χ0v) is 73.1. The number of methoxy groups -OCH3 is 2. The smallest absolute Gasteiger partial charge is 0.416 e. The number of aromatic carboxylic acids is 1. The van der Waals surface area contributed by atoms with Gasteiger partial charge in [-0.05, 0) is 155 Å². The number of aryl methyl sites for hydroxylation is 2. The number of hydrogen-bond donors (Lipinski definition) is 3. The lowest BCUT2D eigenvalue weighted by molar-refractivity contribution is -0.199. The molecule has 35 heteroatoms. The normalized spacial score (nSPS) is 18.4. The number of nitrogens with one attached hydrogen (secondary N) is 2. The summed E-state index contributed by atoms with van der Waals surface area (Å²) in [4.78, 5) is 157. The molecular formula is C93H98N12O21S2. The summed E-state index contributed by atoms with van der Waals surface area (Å²) in [6, 6.07) is 30.0. The number of anilines is 4. The second kappa shape index (κ2) is 40.7. The van der Waals surface area contributed by atoms with E-state index < -0.39 is 55.3 Å². The molecule has 33 nitrogen and oxygen atoms in total. The number of hydrogen-bond acceptors (Lipinski definition) is 26. The number of rotatable bonds is 30. The third-order valence-electron chi connectivity index (χ3n) is 22.7. The average molecular weight is 1780 g/mol. The Kier molecular flexibility index (Phi) is 28.5. The molecule has 0 spiro atoms. The average Bonchev–Trinajstić information content (AvgIpc) is 1.59. The number of ether oxygens (including phenoxy) is 10. The van der Waals surface area contributed by atoms with Gasteiger partial charge in [0.25, 0.3) is 11.8 Å². The molecule has 10 heterocycles. The van der Waals surface area contributed by atoms with Crippen LogP contribution in [0.4, 0.5) is 32.6 Å². The summed E-state index contributed by atoms with van der Waals surface area (Å²) >= 11 is 2.68. The monoisotopic (exact) mass is 1780 g/mol. The minimum Gasteiger partial charge on any atom is -0.493 e. The molecule has 6 atom stereocenters. The molecule has 128 heavy (non-hydrogen) atoms. The zero-order chi connectivity index (χ0) is 89.8. The molecule has 3 N–H and O–H groups in total. The van der Waals surface area contributed by atoms with Gasteiger partial charge in [-0.25, -0.2) is 44.1 Å². The van der Waals surface area contributed by atoms with Gasteiger partial charge in [-0.2, -0.15) is 0 Å². The van der Waals surface area contributed by atoms with E-state index in [0.29, 0.717) is 95.5 Å². The molecule has 0 radical (unpaired) electrons. The van der Waals surface area contributed by atoms with Crippen molar-refractivity contribution < 1.29 is 100 Å². The van der Waals surface area contributed by atoms with Crippen molar-refractivity contribution in [2.24, 2.45) is 14.1 Å². The number of benzene rings is 6. The summed E-state index contributed by atoms with van der Waals surface area (Å²) in [5, 5.41) is 16.0. The van der Waals surface area contributed by atoms with Crippen LogP contribution in [0, 0.1) is 0 Å². The summed E-state index contributed by atoms with van der Waals surface area (Å²) in [6.45, 7) is 11.0. The van der Waals surface area contributed by atoms with Crippen LogP contribution in [0.3, 0.4) is 0 Å². The van der Waals surface area contributed by atoms with Gasteiger partial charge in [-0.1, -0.05) is 73.8 Å². The van der Waals surface area contributed by atoms with Crippen LogP contribution in [0.25, 0.3) is 20.4 Å². The van der Waals surface area contributed by atoms with Crippen LogP contribution in [0.1, 0.15) is 179 Å². The minimum absolute atomic E-state index is 0.00640. The number of carboxylic acid groups (broad SMARTS) is 1. The Morgan fingerprint density at radius 1 is 0.516 bits per heavy atom. The fourth-order valence-corrected chi connectivity index (χ4v) is 18.5. The van der Waals surface area contributed by atoms with Crippen molar-refractivity contribution in [3.8, 4) is 23.0 Å². The first-order valence-corrected chi connectivity index (χ1v) is 44.0. The highest BCUT2D eigenvalue weighted by Gasteiger charge is 2.49. The number of ketones is 3. The highest BCUT2D eigenvalue weighted by atomic mass is 32.1. The molecule has 4 saturated heterocycles. The molecule has 6 aromatic carbocycles. The number of nitrogens with zero attached hydrogens (tertiary/aromatic N) is 10. The molecule has 6 amide bonds. The third-order valence-corrected chi connectivity index (χ3v) is 24.7. The summed E-state index contributed by atoms with van der Waals surface area (Å²) < 4.78 is 65.4. The maximum absolute atomic E-state index is 14.3. The Morgan fingerprint density at radius 3 is 1.36 bits per heavy atom. The largest absolute Gasteiger partial charge is 0.493 e. The Hall–Kier alpha value is -13.1. The number of amides is 6. The Bertz CT molecular complexity index is 5550. The first kappa shape index (κ1) is 89.8. The summed E-state index contributed by atoms with van der Waals surface area (Å²) in [6.07, 6.45) is 11.2. The number of imidazole rings is 2. The van der Waals surface area contributed by atoms with E-state index in [-0.39, 0.29) is 162 Å². The molecule has 10 aromatic rings. The van der Waals surface area contributed by atoms with E-state index in [9.17, 15) is 53.1 Å². The lowest BCUT2D eigenvalue weighted by atomic mass is 10.00. The van der Waals surface area contributed by atoms with Crippen molar-refractivity contribution in [1.29, 1.82) is 0 Å². The van der Waals surface area contributed by atoms with Gasteiger partial charge in [-0.15, -0.1) is 22.7 Å². The maximum Gasteiger partial charge on any atom is 0.416 e. The van der Waals surface area contributed by atoms with Crippen LogP contribution in [-0.2, 0) is 91.0 Å². The number of aromatic nitrogens is 6. The number of carbonyl (C=O) groups excluding carboxylic acids is 9.